The highest BCUT2D eigenvalue weighted by Crippen LogP contribution is 2.50. The van der Waals surface area contributed by atoms with E-state index in [0.717, 1.165) is 51.4 Å². The first-order chi connectivity index (χ1) is 22.4. The monoisotopic (exact) mass is 672 g/mol. The second kappa shape index (κ2) is 33.6. The van der Waals surface area contributed by atoms with Gasteiger partial charge in [-0.1, -0.05) is 195 Å². The molecular weight excluding hydrogens is 585 g/mol. The second-order valence-corrected chi connectivity index (χ2v) is 16.8. The summed E-state index contributed by atoms with van der Waals surface area (Å²) in [6.45, 7) is 10.3. The molecular formula is C41H86NO3P. The third kappa shape index (κ3) is 25.1. The molecule has 1 N–H and O–H groups in total. The molecule has 0 heterocycles. The van der Waals surface area contributed by atoms with Crippen molar-refractivity contribution < 1.29 is 18.6 Å². The van der Waals surface area contributed by atoms with Crippen LogP contribution in [-0.4, -0.2) is 28.3 Å². The minimum Gasteiger partial charge on any atom is -0.730 e. The molecule has 0 saturated heterocycles. The maximum atomic E-state index is 13.6. The average molecular weight is 672 g/mol. The molecule has 0 aliphatic heterocycles. The fraction of sp³-hybridized carbons (Fsp3) is 1.00. The molecule has 5 heteroatoms. The van der Waals surface area contributed by atoms with Gasteiger partial charge in [-0.25, -0.2) is 4.57 Å². The Bertz CT molecular complexity index is 612. The van der Waals surface area contributed by atoms with Crippen LogP contribution in [0.2, 0.25) is 0 Å². The highest BCUT2D eigenvalue weighted by Gasteiger charge is 2.43. The van der Waals surface area contributed by atoms with E-state index in [1.807, 2.05) is 0 Å². The first-order valence-corrected chi connectivity index (χ1v) is 22.8. The van der Waals surface area contributed by atoms with Crippen LogP contribution >= 0.6 is 7.75 Å². The number of rotatable bonds is 38. The summed E-state index contributed by atoms with van der Waals surface area (Å²) in [7, 11) is -4.56. The number of unbranched alkanes of at least 4 members (excludes halogenated alkanes) is 28. The number of hydrogen-bond donors (Lipinski definition) is 1. The van der Waals surface area contributed by atoms with E-state index >= 15 is 0 Å². The maximum absolute atomic E-state index is 13.6. The Morgan fingerprint density at radius 3 is 0.870 bits per heavy atom. The predicted octanol–water partition coefficient (Wildman–Crippen LogP) is 14.0. The normalized spacial score (nSPS) is 13.5. The van der Waals surface area contributed by atoms with Gasteiger partial charge in [0.25, 0.3) is 0 Å². The van der Waals surface area contributed by atoms with Gasteiger partial charge in [-0.05, 0) is 51.4 Å². The molecule has 1 unspecified atom stereocenters. The zero-order valence-electron chi connectivity index (χ0n) is 32.2. The molecule has 0 aliphatic carbocycles. The van der Waals surface area contributed by atoms with Crippen LogP contribution < -0.4 is 4.89 Å². The Morgan fingerprint density at radius 2 is 0.630 bits per heavy atom. The Kier molecular flexibility index (Phi) is 33.7. The summed E-state index contributed by atoms with van der Waals surface area (Å²) in [5, 5.41) is 0. The highest BCUT2D eigenvalue weighted by atomic mass is 31.2. The SMILES string of the molecule is CCCCCCCCCCCC[N+](CCCCCCCCCCCC)(C(CCCCCCCC)CCCCCCCC)P(=O)([O-])O. The molecule has 0 aromatic rings. The first-order valence-electron chi connectivity index (χ1n) is 21.3. The predicted molar refractivity (Wildman–Crippen MR) is 203 cm³/mol. The highest BCUT2D eigenvalue weighted by molar-refractivity contribution is 7.43. The molecule has 278 valence electrons. The molecule has 0 bridgehead atoms. The molecule has 0 amide bonds. The van der Waals surface area contributed by atoms with Crippen molar-refractivity contribution in [1.29, 1.82) is 0 Å². The third-order valence-electron chi connectivity index (χ3n) is 10.8. The van der Waals surface area contributed by atoms with E-state index in [9.17, 15) is 14.4 Å². The van der Waals surface area contributed by atoms with Crippen LogP contribution in [0.3, 0.4) is 0 Å². The summed E-state index contributed by atoms with van der Waals surface area (Å²) < 4.78 is 13.6. The molecule has 4 nitrogen and oxygen atoms in total. The lowest BCUT2D eigenvalue weighted by Crippen LogP contribution is -2.56. The van der Waals surface area contributed by atoms with Gasteiger partial charge in [0.15, 0.2) is 0 Å². The van der Waals surface area contributed by atoms with E-state index in [0.29, 0.717) is 13.1 Å². The van der Waals surface area contributed by atoms with Crippen molar-refractivity contribution in [1.82, 2.24) is 0 Å². The van der Waals surface area contributed by atoms with Crippen LogP contribution in [-0.2, 0) is 4.57 Å². The molecule has 0 rings (SSSR count). The fourth-order valence-corrected chi connectivity index (χ4v) is 9.06. The Labute approximate surface area is 290 Å². The van der Waals surface area contributed by atoms with Crippen molar-refractivity contribution in [2.24, 2.45) is 0 Å². The first kappa shape index (κ1) is 46.1. The van der Waals surface area contributed by atoms with E-state index in [4.69, 9.17) is 0 Å². The smallest absolute Gasteiger partial charge is 0.326 e. The maximum Gasteiger partial charge on any atom is 0.326 e. The Balaban J connectivity index is 5.40. The van der Waals surface area contributed by atoms with Gasteiger partial charge in [0.2, 0.25) is 0 Å². The minimum atomic E-state index is -4.56. The van der Waals surface area contributed by atoms with E-state index < -0.39 is 7.75 Å². The lowest BCUT2D eigenvalue weighted by atomic mass is 9.97. The lowest BCUT2D eigenvalue weighted by molar-refractivity contribution is -0.863. The van der Waals surface area contributed by atoms with Gasteiger partial charge in [-0.2, -0.15) is 0 Å². The van der Waals surface area contributed by atoms with Gasteiger partial charge in [0.1, 0.15) is 0 Å². The molecule has 0 spiro atoms. The van der Waals surface area contributed by atoms with Crippen LogP contribution in [0.4, 0.5) is 0 Å². The van der Waals surface area contributed by atoms with E-state index in [1.54, 1.807) is 0 Å². The van der Waals surface area contributed by atoms with Crippen LogP contribution in [0.5, 0.6) is 0 Å². The summed E-state index contributed by atoms with van der Waals surface area (Å²) in [6, 6.07) is 0.0443. The molecule has 46 heavy (non-hydrogen) atoms. The molecule has 0 aromatic carbocycles. The van der Waals surface area contributed by atoms with Crippen molar-refractivity contribution in [2.75, 3.05) is 13.1 Å². The van der Waals surface area contributed by atoms with Crippen LogP contribution in [0.1, 0.15) is 246 Å². The quantitative estimate of drug-likeness (QED) is 0.0525. The van der Waals surface area contributed by atoms with E-state index in [2.05, 4.69) is 27.7 Å². The second-order valence-electron chi connectivity index (χ2n) is 15.1. The molecule has 0 radical (unpaired) electrons. The third-order valence-corrected chi connectivity index (χ3v) is 12.5. The summed E-state index contributed by atoms with van der Waals surface area (Å²) in [6.07, 6.45) is 41.6. The van der Waals surface area contributed by atoms with Gasteiger partial charge in [0, 0.05) is 0 Å². The van der Waals surface area contributed by atoms with Gasteiger partial charge in [-0.15, -0.1) is 0 Å². The number of quaternary nitrogens is 1. The molecule has 1 atom stereocenters. The van der Waals surface area contributed by atoms with Gasteiger partial charge in [0.05, 0.1) is 19.1 Å². The Hall–Kier alpha value is 0.110. The molecule has 0 fully saturated rings. The van der Waals surface area contributed by atoms with Gasteiger partial charge >= 0.3 is 7.75 Å². The minimum absolute atomic E-state index is 0.0229. The van der Waals surface area contributed by atoms with Crippen molar-refractivity contribution in [2.45, 2.75) is 252 Å². The van der Waals surface area contributed by atoms with Crippen LogP contribution in [0.15, 0.2) is 0 Å². The van der Waals surface area contributed by atoms with Crippen LogP contribution in [0, 0.1) is 0 Å². The van der Waals surface area contributed by atoms with Crippen LogP contribution in [0.25, 0.3) is 0 Å². The zero-order chi connectivity index (χ0) is 34.0. The van der Waals surface area contributed by atoms with E-state index in [-0.39, 0.29) is 10.3 Å². The number of hydrogen-bond acceptors (Lipinski definition) is 2. The summed E-state index contributed by atoms with van der Waals surface area (Å²) in [5.74, 6) is 0. The van der Waals surface area contributed by atoms with Gasteiger partial charge < -0.3 is 9.79 Å². The summed E-state index contributed by atoms with van der Waals surface area (Å²) in [5.41, 5.74) is 0. The molecule has 0 saturated carbocycles. The van der Waals surface area contributed by atoms with Gasteiger partial charge in [-0.3, -0.25) is 4.25 Å². The lowest BCUT2D eigenvalue weighted by Gasteiger charge is -2.50. The molecule has 0 aromatic heterocycles. The van der Waals surface area contributed by atoms with Crippen molar-refractivity contribution >= 4 is 7.75 Å². The van der Waals surface area contributed by atoms with Crippen molar-refractivity contribution in [3.05, 3.63) is 0 Å². The standard InChI is InChI=1S/C41H86NO3P/c1-5-9-13-17-21-23-25-27-31-35-39-42(46(43,44)45,40-36-32-28-26-24-22-18-14-10-6-2)41(37-33-29-19-15-11-7-3)38-34-30-20-16-12-8-4/h41H,5-40H2,1-4H3,(H-,43,44,45). The zero-order valence-corrected chi connectivity index (χ0v) is 33.1. The average Bonchev–Trinajstić information content (AvgIpc) is 3.03. The summed E-state index contributed by atoms with van der Waals surface area (Å²) >= 11 is 0. The summed E-state index contributed by atoms with van der Waals surface area (Å²) in [4.78, 5) is 24.7. The largest absolute Gasteiger partial charge is 0.730 e. The van der Waals surface area contributed by atoms with Crippen molar-refractivity contribution in [3.63, 3.8) is 0 Å². The molecule has 0 aliphatic rings. The fourth-order valence-electron chi connectivity index (χ4n) is 7.63. The topological polar surface area (TPSA) is 60.4 Å². The Morgan fingerprint density at radius 1 is 0.413 bits per heavy atom. The number of nitrogens with zero attached hydrogens (tertiary/aromatic N) is 1. The van der Waals surface area contributed by atoms with E-state index in [1.165, 1.54) is 167 Å². The van der Waals surface area contributed by atoms with Crippen molar-refractivity contribution in [3.8, 4) is 0 Å².